The van der Waals surface area contributed by atoms with Crippen molar-refractivity contribution in [1.29, 1.82) is 0 Å². The minimum atomic E-state index is -2.03. The molecule has 0 bridgehead atoms. The van der Waals surface area contributed by atoms with Crippen LogP contribution in [0.4, 0.5) is 0 Å². The molecule has 17 nitrogen and oxygen atoms in total. The van der Waals surface area contributed by atoms with Crippen LogP contribution in [0.15, 0.2) is 0 Å². The van der Waals surface area contributed by atoms with E-state index >= 15 is 0 Å². The first kappa shape index (κ1) is 56.0. The molecular weight excluding hydrogens is 771 g/mol. The van der Waals surface area contributed by atoms with Gasteiger partial charge in [0.2, 0.25) is 0 Å². The summed E-state index contributed by atoms with van der Waals surface area (Å²) < 4.78 is 49.7. The Kier molecular flexibility index (Phi) is 36.8. The first-order chi connectivity index (χ1) is 27.0. The van der Waals surface area contributed by atoms with Gasteiger partial charge in [-0.3, -0.25) is 34.9 Å². The monoisotopic (exact) mass is 856 g/mol. The molecule has 7 N–H and O–H groups in total. The number of hydrogen-bond donors (Lipinski definition) is 6. The van der Waals surface area contributed by atoms with Gasteiger partial charge in [-0.05, 0) is 25.2 Å². The lowest BCUT2D eigenvalue weighted by molar-refractivity contribution is -0.00120. The van der Waals surface area contributed by atoms with Crippen molar-refractivity contribution in [2.45, 2.75) is 70.7 Å². The zero-order chi connectivity index (χ0) is 41.9. The molecule has 0 saturated heterocycles. The van der Waals surface area contributed by atoms with Crippen LogP contribution in [-0.2, 0) is 39.3 Å². The largest absolute Gasteiger partial charge is 0.389 e. The van der Waals surface area contributed by atoms with Gasteiger partial charge < -0.3 is 45.9 Å². The topological polar surface area (TPSA) is 200 Å². The highest BCUT2D eigenvalue weighted by molar-refractivity contribution is 8.22. The minimum absolute atomic E-state index is 0.203. The van der Waals surface area contributed by atoms with Crippen LogP contribution in [0.25, 0.3) is 0 Å². The molecule has 4 atom stereocenters. The predicted octanol–water partition coefficient (Wildman–Crippen LogP) is 1.84. The van der Waals surface area contributed by atoms with Crippen molar-refractivity contribution >= 4 is 21.7 Å². The lowest BCUT2D eigenvalue weighted by atomic mass is 10.0. The van der Waals surface area contributed by atoms with Gasteiger partial charge in [-0.2, -0.15) is 0 Å². The summed E-state index contributed by atoms with van der Waals surface area (Å²) in [5, 5.41) is 38.8. The second-order valence-corrected chi connectivity index (χ2v) is 18.7. The molecule has 19 heteroatoms. The molecule has 0 aliphatic rings. The molecule has 0 fully saturated rings. The summed E-state index contributed by atoms with van der Waals surface area (Å²) >= 11 is 0. The lowest BCUT2D eigenvalue weighted by Gasteiger charge is -2.33. The maximum absolute atomic E-state index is 11.0. The number of nitrogens with two attached hydrogens (primary N) is 1. The Morgan fingerprint density at radius 1 is 0.571 bits per heavy atom. The van der Waals surface area contributed by atoms with Gasteiger partial charge >= 0.3 is 0 Å². The Bertz CT molecular complexity index is 845. The van der Waals surface area contributed by atoms with Crippen LogP contribution in [0, 0.1) is 5.92 Å². The second-order valence-electron chi connectivity index (χ2n) is 13.6. The van der Waals surface area contributed by atoms with Crippen LogP contribution in [0.3, 0.4) is 0 Å². The van der Waals surface area contributed by atoms with Crippen LogP contribution in [-0.4, -0.2) is 209 Å². The van der Waals surface area contributed by atoms with E-state index in [2.05, 4.69) is 34.3 Å². The molecule has 0 amide bonds. The smallest absolute Gasteiger partial charge is 0.0900 e. The molecule has 0 aromatic carbocycles. The van der Waals surface area contributed by atoms with Crippen LogP contribution < -0.4 is 16.4 Å². The number of aliphatic hydroxyl groups excluding tert-OH is 3. The number of rotatable bonds is 43. The highest BCUT2D eigenvalue weighted by Gasteiger charge is 2.23. The second kappa shape index (κ2) is 36.8. The molecule has 0 aromatic heterocycles. The highest BCUT2D eigenvalue weighted by Crippen LogP contribution is 2.50. The van der Waals surface area contributed by atoms with Crippen molar-refractivity contribution in [3.05, 3.63) is 0 Å². The molecule has 0 aliphatic heterocycles. The van der Waals surface area contributed by atoms with Crippen LogP contribution >= 0.6 is 21.7 Å². The van der Waals surface area contributed by atoms with E-state index in [0.717, 1.165) is 32.5 Å². The van der Waals surface area contributed by atoms with E-state index in [4.69, 9.17) is 45.0 Å². The third kappa shape index (κ3) is 27.7. The van der Waals surface area contributed by atoms with Gasteiger partial charge in [-0.1, -0.05) is 33.1 Å². The SMILES string of the molecule is CCCCC(CC)COCC(O)CN(CCNCCNCC(O)COCCCS(OC)(OC)OC)CCN(CCN)CC(O)COCCCS(OC)(OC)OC. The van der Waals surface area contributed by atoms with E-state index in [1.165, 1.54) is 12.8 Å². The third-order valence-corrected chi connectivity index (χ3v) is 13.9. The molecule has 0 aromatic rings. The zero-order valence-corrected chi connectivity index (χ0v) is 37.9. The number of unbranched alkanes of at least 4 members (excludes halogenated alkanes) is 1. The van der Waals surface area contributed by atoms with E-state index < -0.39 is 40.1 Å². The van der Waals surface area contributed by atoms with Crippen molar-refractivity contribution in [2.24, 2.45) is 11.7 Å². The van der Waals surface area contributed by atoms with Crippen molar-refractivity contribution in [2.75, 3.05) is 166 Å². The highest BCUT2D eigenvalue weighted by atomic mass is 32.3. The predicted molar refractivity (Wildman–Crippen MR) is 228 cm³/mol. The normalized spacial score (nSPS) is 15.5. The van der Waals surface area contributed by atoms with E-state index in [1.54, 1.807) is 42.7 Å². The van der Waals surface area contributed by atoms with Crippen molar-refractivity contribution in [1.82, 2.24) is 20.4 Å². The first-order valence-corrected chi connectivity index (χ1v) is 23.5. The van der Waals surface area contributed by atoms with Crippen molar-refractivity contribution in [3.63, 3.8) is 0 Å². The first-order valence-electron chi connectivity index (χ1n) is 20.3. The number of nitrogens with zero attached hydrogens (tertiary/aromatic N) is 2. The Balaban J connectivity index is 4.83. The fourth-order valence-electron chi connectivity index (χ4n) is 5.91. The van der Waals surface area contributed by atoms with Gasteiger partial charge in [-0.25, -0.2) is 0 Å². The maximum Gasteiger partial charge on any atom is 0.0900 e. The van der Waals surface area contributed by atoms with E-state index in [9.17, 15) is 15.3 Å². The van der Waals surface area contributed by atoms with E-state index in [-0.39, 0.29) is 13.2 Å². The zero-order valence-electron chi connectivity index (χ0n) is 36.3. The van der Waals surface area contributed by atoms with Gasteiger partial charge in [0, 0.05) is 103 Å². The summed E-state index contributed by atoms with van der Waals surface area (Å²) in [6.45, 7) is 13.3. The Hall–Kier alpha value is 0.0200. The Morgan fingerprint density at radius 2 is 1.05 bits per heavy atom. The molecule has 4 unspecified atom stereocenters. The van der Waals surface area contributed by atoms with Crippen molar-refractivity contribution < 1.29 is 54.6 Å². The summed E-state index contributed by atoms with van der Waals surface area (Å²) in [4.78, 5) is 4.36. The molecule has 56 heavy (non-hydrogen) atoms. The number of ether oxygens (including phenoxy) is 3. The summed E-state index contributed by atoms with van der Waals surface area (Å²) in [6.07, 6.45) is 4.03. The quantitative estimate of drug-likeness (QED) is 0.0485. The van der Waals surface area contributed by atoms with Gasteiger partial charge in [0.1, 0.15) is 0 Å². The van der Waals surface area contributed by atoms with Crippen LogP contribution in [0.5, 0.6) is 0 Å². The van der Waals surface area contributed by atoms with Gasteiger partial charge in [0.15, 0.2) is 0 Å². The average Bonchev–Trinajstić information content (AvgIpc) is 3.20. The molecule has 0 rings (SSSR count). The summed E-state index contributed by atoms with van der Waals surface area (Å²) in [5.74, 6) is 1.68. The molecule has 342 valence electrons. The van der Waals surface area contributed by atoms with E-state index in [0.29, 0.717) is 109 Å². The molecule has 0 heterocycles. The molecule has 0 saturated carbocycles. The summed E-state index contributed by atoms with van der Waals surface area (Å²) in [6, 6.07) is 0. The molecule has 0 radical (unpaired) electrons. The molecule has 0 aliphatic carbocycles. The number of nitrogens with one attached hydrogen (secondary N) is 2. The fourth-order valence-corrected chi connectivity index (χ4v) is 8.67. The Morgan fingerprint density at radius 3 is 1.54 bits per heavy atom. The maximum atomic E-state index is 11.0. The minimum Gasteiger partial charge on any atom is -0.389 e. The van der Waals surface area contributed by atoms with Crippen LogP contribution in [0.1, 0.15) is 52.4 Å². The standard InChI is InChI=1S/C37H85N5O12S2/c1-9-11-14-34(10-2)30-54-33-37(45)29-42(20-18-39-16-17-40-27-35(43)31-52-23-12-25-55(46-3,47-4)48-5)22-21-41(19-15-38)28-36(44)32-53-24-13-26-56(49-6,50-7)51-8/h34-37,39-40,43-45H,9-33,38H2,1-8H3. The third-order valence-electron chi connectivity index (χ3n) is 9.30. The van der Waals surface area contributed by atoms with Crippen molar-refractivity contribution in [3.8, 4) is 0 Å². The Labute approximate surface area is 344 Å². The molecular formula is C37H85N5O12S2. The van der Waals surface area contributed by atoms with Gasteiger partial charge in [0.25, 0.3) is 0 Å². The average molecular weight is 856 g/mol. The lowest BCUT2D eigenvalue weighted by Crippen LogP contribution is -2.46. The van der Waals surface area contributed by atoms with E-state index in [1.807, 2.05) is 0 Å². The number of aliphatic hydroxyl groups is 3. The van der Waals surface area contributed by atoms with Crippen LogP contribution in [0.2, 0.25) is 0 Å². The summed E-state index contributed by atoms with van der Waals surface area (Å²) in [7, 11) is 5.38. The fraction of sp³-hybridized carbons (Fsp3) is 1.00. The molecule has 0 spiro atoms. The number of hydrogen-bond acceptors (Lipinski definition) is 17. The van der Waals surface area contributed by atoms with Gasteiger partial charge in [0.05, 0.1) is 103 Å². The van der Waals surface area contributed by atoms with Gasteiger partial charge in [-0.15, -0.1) is 0 Å². The summed E-state index contributed by atoms with van der Waals surface area (Å²) in [5.41, 5.74) is 5.95.